The van der Waals surface area contributed by atoms with Gasteiger partial charge in [0, 0.05) is 12.3 Å². The summed E-state index contributed by atoms with van der Waals surface area (Å²) < 4.78 is 36.7. The maximum atomic E-state index is 12.2. The van der Waals surface area contributed by atoms with Gasteiger partial charge in [0.1, 0.15) is 0 Å². The molecule has 1 aromatic heterocycles. The van der Waals surface area contributed by atoms with E-state index >= 15 is 0 Å². The Morgan fingerprint density at radius 1 is 1.43 bits per heavy atom. The number of pyridine rings is 1. The number of halogens is 4. The fraction of sp³-hybridized carbons (Fsp3) is 0.143. The van der Waals surface area contributed by atoms with Gasteiger partial charge in [0.15, 0.2) is 0 Å². The largest absolute Gasteiger partial charge is 0.417 e. The summed E-state index contributed by atoms with van der Waals surface area (Å²) in [6.07, 6.45) is -4.13. The highest BCUT2D eigenvalue weighted by molar-refractivity contribution is 6.67. The first-order valence-corrected chi connectivity index (χ1v) is 3.70. The average Bonchev–Trinajstić information content (AvgIpc) is 2.01. The number of hydrogen-bond acceptors (Lipinski definition) is 2. The van der Waals surface area contributed by atoms with Gasteiger partial charge in [-0.1, -0.05) is 0 Å². The van der Waals surface area contributed by atoms with Crippen LogP contribution in [-0.4, -0.2) is 10.2 Å². The van der Waals surface area contributed by atoms with Crippen LogP contribution in [0.4, 0.5) is 13.2 Å². The van der Waals surface area contributed by atoms with Crippen molar-refractivity contribution < 1.29 is 18.0 Å². The molecule has 1 aromatic rings. The quantitative estimate of drug-likeness (QED) is 0.741. The number of rotatable bonds is 1. The van der Waals surface area contributed by atoms with Gasteiger partial charge < -0.3 is 4.98 Å². The topological polar surface area (TPSA) is 49.9 Å². The zero-order chi connectivity index (χ0) is 10.9. The number of H-pyrrole nitrogens is 1. The van der Waals surface area contributed by atoms with E-state index in [0.29, 0.717) is 6.20 Å². The van der Waals surface area contributed by atoms with Crippen molar-refractivity contribution >= 4 is 16.8 Å². The summed E-state index contributed by atoms with van der Waals surface area (Å²) in [6.45, 7) is 0. The van der Waals surface area contributed by atoms with Crippen molar-refractivity contribution in [2.24, 2.45) is 0 Å². The SMILES string of the molecule is O=C(Cl)c1c[nH]c(=O)cc1C(F)(F)F. The second kappa shape index (κ2) is 3.45. The molecule has 0 radical (unpaired) electrons. The first kappa shape index (κ1) is 10.8. The van der Waals surface area contributed by atoms with Crippen LogP contribution in [0.15, 0.2) is 17.1 Å². The van der Waals surface area contributed by atoms with E-state index in [9.17, 15) is 22.8 Å². The molecule has 0 aliphatic rings. The van der Waals surface area contributed by atoms with Gasteiger partial charge in [-0.25, -0.2) is 0 Å². The number of carbonyl (C=O) groups is 1. The zero-order valence-electron chi connectivity index (χ0n) is 6.48. The smallest absolute Gasteiger partial charge is 0.328 e. The molecule has 0 fully saturated rings. The number of alkyl halides is 3. The molecule has 3 nitrogen and oxygen atoms in total. The van der Waals surface area contributed by atoms with Crippen LogP contribution in [-0.2, 0) is 6.18 Å². The minimum Gasteiger partial charge on any atom is -0.328 e. The Labute approximate surface area is 80.5 Å². The molecule has 7 heteroatoms. The van der Waals surface area contributed by atoms with E-state index in [1.807, 2.05) is 4.98 Å². The molecule has 0 bridgehead atoms. The highest BCUT2D eigenvalue weighted by Crippen LogP contribution is 2.31. The molecule has 0 spiro atoms. The number of aromatic nitrogens is 1. The number of carbonyl (C=O) groups excluding carboxylic acids is 1. The van der Waals surface area contributed by atoms with Crippen LogP contribution in [0, 0.1) is 0 Å². The van der Waals surface area contributed by atoms with Crippen LogP contribution in [0.1, 0.15) is 15.9 Å². The van der Waals surface area contributed by atoms with Gasteiger partial charge in [0.25, 0.3) is 5.24 Å². The highest BCUT2D eigenvalue weighted by Gasteiger charge is 2.35. The van der Waals surface area contributed by atoms with E-state index in [1.165, 1.54) is 0 Å². The summed E-state index contributed by atoms with van der Waals surface area (Å²) >= 11 is 4.91. The monoisotopic (exact) mass is 225 g/mol. The van der Waals surface area contributed by atoms with Gasteiger partial charge in [0.2, 0.25) is 5.56 Å². The van der Waals surface area contributed by atoms with E-state index in [4.69, 9.17) is 11.6 Å². The first-order valence-electron chi connectivity index (χ1n) is 3.32. The molecular formula is C7H3ClF3NO2. The molecule has 1 N–H and O–H groups in total. The molecule has 1 heterocycles. The maximum absolute atomic E-state index is 12.2. The lowest BCUT2D eigenvalue weighted by molar-refractivity contribution is -0.138. The van der Waals surface area contributed by atoms with Gasteiger partial charge in [-0.05, 0) is 11.6 Å². The van der Waals surface area contributed by atoms with Crippen LogP contribution in [0.5, 0.6) is 0 Å². The second-order valence-electron chi connectivity index (χ2n) is 2.40. The van der Waals surface area contributed by atoms with Gasteiger partial charge in [0.05, 0.1) is 11.1 Å². The van der Waals surface area contributed by atoms with E-state index in [-0.39, 0.29) is 6.07 Å². The fourth-order valence-corrected chi connectivity index (χ4v) is 1.03. The molecule has 0 aliphatic carbocycles. The van der Waals surface area contributed by atoms with Crippen LogP contribution in [0.3, 0.4) is 0 Å². The summed E-state index contributed by atoms with van der Waals surface area (Å²) in [5.74, 6) is 0. The summed E-state index contributed by atoms with van der Waals surface area (Å²) in [5.41, 5.74) is -3.04. The minimum atomic E-state index is -4.77. The number of nitrogens with one attached hydrogen (secondary N) is 1. The molecule has 0 unspecified atom stereocenters. The summed E-state index contributed by atoms with van der Waals surface area (Å²) in [5, 5.41) is -1.27. The van der Waals surface area contributed by atoms with Crippen molar-refractivity contribution in [2.75, 3.05) is 0 Å². The number of aromatic amines is 1. The van der Waals surface area contributed by atoms with E-state index in [1.54, 1.807) is 0 Å². The van der Waals surface area contributed by atoms with Crippen LogP contribution in [0.25, 0.3) is 0 Å². The van der Waals surface area contributed by atoms with Gasteiger partial charge in [-0.2, -0.15) is 13.2 Å². The summed E-state index contributed by atoms with van der Waals surface area (Å²) in [4.78, 5) is 23.1. The lowest BCUT2D eigenvalue weighted by atomic mass is 10.1. The second-order valence-corrected chi connectivity index (χ2v) is 2.74. The standard InChI is InChI=1S/C7H3ClF3NO2/c8-6(14)3-2-12-5(13)1-4(3)7(9,10)11/h1-2H,(H,12,13). The molecule has 0 amide bonds. The minimum absolute atomic E-state index is 0.287. The highest BCUT2D eigenvalue weighted by atomic mass is 35.5. The third kappa shape index (κ3) is 2.14. The van der Waals surface area contributed by atoms with E-state index < -0.39 is 28.1 Å². The predicted octanol–water partition coefficient (Wildman–Crippen LogP) is 1.77. The molecular weight excluding hydrogens is 223 g/mol. The molecule has 0 aliphatic heterocycles. The van der Waals surface area contributed by atoms with Crippen LogP contribution < -0.4 is 5.56 Å². The van der Waals surface area contributed by atoms with Gasteiger partial charge in [-0.15, -0.1) is 0 Å². The zero-order valence-corrected chi connectivity index (χ0v) is 7.24. The molecule has 0 atom stereocenters. The first-order chi connectivity index (χ1) is 6.32. The van der Waals surface area contributed by atoms with Crippen molar-refractivity contribution in [3.05, 3.63) is 33.7 Å². The Kier molecular flexibility index (Phi) is 2.66. The third-order valence-electron chi connectivity index (χ3n) is 1.44. The van der Waals surface area contributed by atoms with Crippen molar-refractivity contribution in [2.45, 2.75) is 6.18 Å². The van der Waals surface area contributed by atoms with Crippen LogP contribution in [0.2, 0.25) is 0 Å². The molecule has 0 saturated heterocycles. The van der Waals surface area contributed by atoms with Crippen LogP contribution >= 0.6 is 11.6 Å². The predicted molar refractivity (Wildman–Crippen MR) is 42.2 cm³/mol. The normalized spacial score (nSPS) is 11.4. The molecule has 0 aromatic carbocycles. The van der Waals surface area contributed by atoms with E-state index in [2.05, 4.69) is 0 Å². The fourth-order valence-electron chi connectivity index (χ4n) is 0.869. The molecule has 1 rings (SSSR count). The van der Waals surface area contributed by atoms with E-state index in [0.717, 1.165) is 0 Å². The summed E-state index contributed by atoms with van der Waals surface area (Å²) in [6, 6.07) is 0.287. The van der Waals surface area contributed by atoms with Crippen molar-refractivity contribution in [1.29, 1.82) is 0 Å². The maximum Gasteiger partial charge on any atom is 0.417 e. The number of hydrogen-bond donors (Lipinski definition) is 1. The third-order valence-corrected chi connectivity index (χ3v) is 1.65. The average molecular weight is 226 g/mol. The van der Waals surface area contributed by atoms with Crippen molar-refractivity contribution in [3.8, 4) is 0 Å². The lowest BCUT2D eigenvalue weighted by Gasteiger charge is -2.08. The molecule has 0 saturated carbocycles. The molecule has 76 valence electrons. The molecule has 14 heavy (non-hydrogen) atoms. The Hall–Kier alpha value is -1.30. The Bertz CT molecular complexity index is 424. The van der Waals surface area contributed by atoms with Crippen molar-refractivity contribution in [1.82, 2.24) is 4.98 Å². The Morgan fingerprint density at radius 3 is 2.43 bits per heavy atom. The lowest BCUT2D eigenvalue weighted by Crippen LogP contribution is -2.17. The van der Waals surface area contributed by atoms with Gasteiger partial charge >= 0.3 is 6.18 Å². The Morgan fingerprint density at radius 2 is 2.00 bits per heavy atom. The Balaban J connectivity index is 3.45. The van der Waals surface area contributed by atoms with Gasteiger partial charge in [-0.3, -0.25) is 9.59 Å². The summed E-state index contributed by atoms with van der Waals surface area (Å²) in [7, 11) is 0. The van der Waals surface area contributed by atoms with Crippen molar-refractivity contribution in [3.63, 3.8) is 0 Å².